The van der Waals surface area contributed by atoms with E-state index in [-0.39, 0.29) is 28.4 Å². The molecule has 0 amide bonds. The maximum absolute atomic E-state index is 12.3. The lowest BCUT2D eigenvalue weighted by Gasteiger charge is -2.72. The summed E-state index contributed by atoms with van der Waals surface area (Å²) in [6.45, 7) is 23.6. The van der Waals surface area contributed by atoms with Crippen LogP contribution in [0.3, 0.4) is 0 Å². The summed E-state index contributed by atoms with van der Waals surface area (Å²) in [6, 6.07) is 8.63. The third-order valence-electron chi connectivity index (χ3n) is 17.9. The van der Waals surface area contributed by atoms with Crippen molar-refractivity contribution in [3.05, 3.63) is 53.6 Å². The number of carbonyl (C=O) groups is 1. The maximum Gasteiger partial charge on any atom is 0.337 e. The second-order valence-corrected chi connectivity index (χ2v) is 22.2. The Morgan fingerprint density at radius 2 is 1.66 bits per heavy atom. The van der Waals surface area contributed by atoms with Crippen LogP contribution >= 0.6 is 0 Å². The highest BCUT2D eigenvalue weighted by atomic mass is 32.2. The van der Waals surface area contributed by atoms with Crippen LogP contribution in [0.25, 0.3) is 5.57 Å². The van der Waals surface area contributed by atoms with Crippen LogP contribution in [0.4, 0.5) is 0 Å². The fourth-order valence-electron chi connectivity index (χ4n) is 15.3. The molecule has 2 heterocycles. The van der Waals surface area contributed by atoms with Crippen LogP contribution in [0.2, 0.25) is 0 Å². The number of ether oxygens (including phenoxy) is 1. The minimum absolute atomic E-state index is 0.0406. The third-order valence-corrected chi connectivity index (χ3v) is 19.2. The maximum atomic E-state index is 12.3. The molecule has 8 rings (SSSR count). The molecule has 0 aromatic heterocycles. The highest BCUT2D eigenvalue weighted by Crippen LogP contribution is 2.76. The average molecular weight is 746 g/mol. The Morgan fingerprint density at radius 3 is 2.30 bits per heavy atom. The Labute approximate surface area is 320 Å². The van der Waals surface area contributed by atoms with E-state index in [9.17, 15) is 13.2 Å². The summed E-state index contributed by atoms with van der Waals surface area (Å²) in [4.78, 5) is 14.7. The molecule has 2 bridgehead atoms. The van der Waals surface area contributed by atoms with Gasteiger partial charge in [0.15, 0.2) is 0 Å². The number of sulfonamides is 1. The highest BCUT2D eigenvalue weighted by molar-refractivity contribution is 7.88. The number of nitrogens with zero attached hydrogens (tertiary/aromatic N) is 2. The predicted octanol–water partition coefficient (Wildman–Crippen LogP) is 8.18. The summed E-state index contributed by atoms with van der Waals surface area (Å²) in [5, 5.41) is 4.29. The van der Waals surface area contributed by atoms with E-state index in [2.05, 4.69) is 76.5 Å². The summed E-state index contributed by atoms with van der Waals surface area (Å²) in [6.07, 6.45) is 16.3. The van der Waals surface area contributed by atoms with E-state index >= 15 is 0 Å². The Kier molecular flexibility index (Phi) is 9.12. The van der Waals surface area contributed by atoms with Gasteiger partial charge in [-0.3, -0.25) is 4.90 Å². The molecule has 1 N–H and O–H groups in total. The van der Waals surface area contributed by atoms with Crippen LogP contribution in [0, 0.1) is 51.2 Å². The SMILES string of the molecule is C=C(C)[C@@H]1CC[C@]2(NCCN3C[C@@H]4C[C@H]3CN4S(C)(=O)=O)CC[C@]3(C)[C@H](CC[C@@H]4[C@@]5(C)CC=C(c6ccc(C(=O)OC)cc6)C(C)(C)[C@@H]5CC[C@]43C)[C@@H]12. The average Bonchev–Trinajstić information content (AvgIpc) is 3.82. The van der Waals surface area contributed by atoms with E-state index in [1.807, 2.05) is 12.1 Å². The number of allylic oxidation sites excluding steroid dienone is 3. The second-order valence-electron chi connectivity index (χ2n) is 20.3. The van der Waals surface area contributed by atoms with E-state index in [1.165, 1.54) is 81.4 Å². The minimum Gasteiger partial charge on any atom is -0.465 e. The van der Waals surface area contributed by atoms with Gasteiger partial charge in [-0.2, -0.15) is 4.31 Å². The van der Waals surface area contributed by atoms with Crippen LogP contribution in [0.15, 0.2) is 42.5 Å². The van der Waals surface area contributed by atoms with Crippen molar-refractivity contribution in [3.63, 3.8) is 0 Å². The molecule has 4 saturated carbocycles. The van der Waals surface area contributed by atoms with Crippen molar-refractivity contribution in [1.29, 1.82) is 0 Å². The minimum atomic E-state index is -3.12. The van der Waals surface area contributed by atoms with E-state index in [4.69, 9.17) is 4.74 Å². The van der Waals surface area contributed by atoms with Gasteiger partial charge in [0, 0.05) is 43.8 Å². The molecule has 292 valence electrons. The van der Waals surface area contributed by atoms with E-state index in [1.54, 1.807) is 4.31 Å². The number of hydrogen-bond acceptors (Lipinski definition) is 6. The van der Waals surface area contributed by atoms with E-state index in [0.717, 1.165) is 32.5 Å². The largest absolute Gasteiger partial charge is 0.465 e. The highest BCUT2D eigenvalue weighted by Gasteiger charge is 2.70. The Balaban J connectivity index is 1.02. The van der Waals surface area contributed by atoms with Gasteiger partial charge in [-0.05, 0) is 146 Å². The summed E-state index contributed by atoms with van der Waals surface area (Å²) in [7, 11) is -1.68. The second kappa shape index (κ2) is 12.8. The predicted molar refractivity (Wildman–Crippen MR) is 214 cm³/mol. The lowest BCUT2D eigenvalue weighted by Crippen LogP contribution is -2.68. The number of methoxy groups -OCH3 is 1. The van der Waals surface area contributed by atoms with Crippen LogP contribution in [0.5, 0.6) is 0 Å². The fourth-order valence-corrected chi connectivity index (χ4v) is 16.4. The number of likely N-dealkylation sites (tertiary alicyclic amines) is 1. The number of carbonyl (C=O) groups excluding carboxylic acids is 1. The Bertz CT molecular complexity index is 1790. The van der Waals surface area contributed by atoms with Crippen LogP contribution in [-0.2, 0) is 14.8 Å². The van der Waals surface area contributed by atoms with Gasteiger partial charge in [-0.25, -0.2) is 13.2 Å². The number of hydrogen-bond donors (Lipinski definition) is 1. The molecule has 8 heteroatoms. The molecule has 1 aromatic rings. The molecule has 5 aliphatic carbocycles. The molecule has 7 aliphatic rings. The lowest BCUT2D eigenvalue weighted by atomic mass is 9.33. The number of benzene rings is 1. The molecule has 7 nitrogen and oxygen atoms in total. The van der Waals surface area contributed by atoms with Crippen molar-refractivity contribution in [2.75, 3.05) is 39.5 Å². The fraction of sp³-hybridized carbons (Fsp3) is 0.756. The first-order valence-corrected chi connectivity index (χ1v) is 22.8. The normalized spacial score (nSPS) is 43.3. The summed E-state index contributed by atoms with van der Waals surface area (Å²) in [5.41, 5.74) is 5.72. The molecular weight excluding hydrogens is 679 g/mol. The molecule has 0 radical (unpaired) electrons. The van der Waals surface area contributed by atoms with Gasteiger partial charge in [0.2, 0.25) is 10.0 Å². The quantitative estimate of drug-likeness (QED) is 0.214. The number of piperazine rings is 1. The van der Waals surface area contributed by atoms with Gasteiger partial charge < -0.3 is 10.1 Å². The van der Waals surface area contributed by atoms with Crippen molar-refractivity contribution >= 4 is 21.6 Å². The first-order valence-electron chi connectivity index (χ1n) is 20.9. The van der Waals surface area contributed by atoms with Crippen LogP contribution < -0.4 is 5.32 Å². The monoisotopic (exact) mass is 745 g/mol. The van der Waals surface area contributed by atoms with E-state index in [0.29, 0.717) is 58.6 Å². The molecule has 2 saturated heterocycles. The van der Waals surface area contributed by atoms with Crippen molar-refractivity contribution in [2.24, 2.45) is 51.2 Å². The van der Waals surface area contributed by atoms with Gasteiger partial charge in [0.05, 0.1) is 18.9 Å². The molecule has 0 unspecified atom stereocenters. The lowest BCUT2D eigenvalue weighted by molar-refractivity contribution is -0.219. The van der Waals surface area contributed by atoms with Crippen molar-refractivity contribution < 1.29 is 17.9 Å². The van der Waals surface area contributed by atoms with Gasteiger partial charge in [0.25, 0.3) is 0 Å². The molecule has 11 atom stereocenters. The molecule has 2 aliphatic heterocycles. The summed E-state index contributed by atoms with van der Waals surface area (Å²) >= 11 is 0. The third kappa shape index (κ3) is 5.56. The number of fused-ring (bicyclic) bond motifs is 9. The zero-order valence-electron chi connectivity index (χ0n) is 34.0. The first-order chi connectivity index (χ1) is 24.9. The molecular formula is C45H67N3O4S. The molecule has 1 aromatic carbocycles. The standard InChI is InChI=1S/C45H67N3O4S/c1-29(2)34-16-21-45(46-24-25-47-27-33-26-32(47)28-48(33)53(9,50)51)23-22-43(6)36(39(34)45)14-15-38-42(5)19-17-35(30-10-12-31(13-11-30)40(49)52-8)41(3,4)37(42)18-20-44(38,43)7/h10-13,17,32-34,36-39,46H,1,14-16,18-28H2,2-9H3/t32-,33-,34-,36+,37-,38+,39+,42-,43+,44+,45-/m0/s1. The van der Waals surface area contributed by atoms with Crippen molar-refractivity contribution in [3.8, 4) is 0 Å². The summed E-state index contributed by atoms with van der Waals surface area (Å²) in [5.74, 6) is 2.92. The zero-order chi connectivity index (χ0) is 37.9. The van der Waals surface area contributed by atoms with Crippen LogP contribution in [-0.4, -0.2) is 80.8 Å². The van der Waals surface area contributed by atoms with Gasteiger partial charge in [-0.1, -0.05) is 65.0 Å². The van der Waals surface area contributed by atoms with E-state index < -0.39 is 10.0 Å². The topological polar surface area (TPSA) is 79.0 Å². The molecule has 53 heavy (non-hydrogen) atoms. The van der Waals surface area contributed by atoms with Crippen molar-refractivity contribution in [1.82, 2.24) is 14.5 Å². The zero-order valence-corrected chi connectivity index (χ0v) is 34.8. The first kappa shape index (κ1) is 37.9. The number of esters is 1. The summed E-state index contributed by atoms with van der Waals surface area (Å²) < 4.78 is 31.3. The van der Waals surface area contributed by atoms with Gasteiger partial charge in [-0.15, -0.1) is 0 Å². The molecule has 0 spiro atoms. The van der Waals surface area contributed by atoms with Gasteiger partial charge in [0.1, 0.15) is 0 Å². The smallest absolute Gasteiger partial charge is 0.337 e. The van der Waals surface area contributed by atoms with Crippen LogP contribution in [0.1, 0.15) is 122 Å². The number of rotatable bonds is 8. The Morgan fingerprint density at radius 1 is 0.925 bits per heavy atom. The number of nitrogens with one attached hydrogen (secondary N) is 1. The van der Waals surface area contributed by atoms with Gasteiger partial charge >= 0.3 is 5.97 Å². The Hall–Kier alpha value is -2.00. The molecule has 6 fully saturated rings. The van der Waals surface area contributed by atoms with Crippen molar-refractivity contribution in [2.45, 2.75) is 123 Å².